The number of aromatic nitrogens is 1. The van der Waals surface area contributed by atoms with Gasteiger partial charge in [-0.05, 0) is 34.5 Å². The smallest absolute Gasteiger partial charge is 0.229 e. The third-order valence-corrected chi connectivity index (χ3v) is 4.71. The zero-order valence-electron chi connectivity index (χ0n) is 10.1. The van der Waals surface area contributed by atoms with Crippen LogP contribution in [0.1, 0.15) is 33.3 Å². The minimum absolute atomic E-state index is 0.168. The van der Waals surface area contributed by atoms with E-state index in [0.29, 0.717) is 27.1 Å². The predicted octanol–water partition coefficient (Wildman–Crippen LogP) is 2.67. The van der Waals surface area contributed by atoms with Crippen LogP contribution in [0.25, 0.3) is 0 Å². The van der Waals surface area contributed by atoms with Gasteiger partial charge in [0.1, 0.15) is 11.4 Å². The Kier molecular flexibility index (Phi) is 3.09. The van der Waals surface area contributed by atoms with Crippen molar-refractivity contribution in [3.8, 4) is 0 Å². The minimum Gasteiger partial charge on any atom is -0.361 e. The summed E-state index contributed by atoms with van der Waals surface area (Å²) in [5, 5.41) is 0.603. The van der Waals surface area contributed by atoms with E-state index in [4.69, 9.17) is 0 Å². The molecular weight excluding hydrogens is 376 g/mol. The van der Waals surface area contributed by atoms with E-state index in [1.165, 1.54) is 0 Å². The Hall–Kier alpha value is -1.01. The summed E-state index contributed by atoms with van der Waals surface area (Å²) >= 11 is 6.59. The summed E-state index contributed by atoms with van der Waals surface area (Å²) in [7, 11) is 0. The first kappa shape index (κ1) is 13.0. The lowest BCUT2D eigenvalue weighted by atomic mass is 9.96. The van der Waals surface area contributed by atoms with Crippen molar-refractivity contribution in [3.63, 3.8) is 0 Å². The van der Waals surface area contributed by atoms with Gasteiger partial charge >= 0.3 is 0 Å². The number of hydrogen-bond acceptors (Lipinski definition) is 4. The third-order valence-electron chi connectivity index (χ3n) is 3.33. The third kappa shape index (κ3) is 1.97. The number of nitrogens with zero attached hydrogens (tertiary/aromatic N) is 2. The lowest BCUT2D eigenvalue weighted by Gasteiger charge is -2.19. The fourth-order valence-electron chi connectivity index (χ4n) is 2.18. The maximum Gasteiger partial charge on any atom is 0.229 e. The summed E-state index contributed by atoms with van der Waals surface area (Å²) in [5.41, 5.74) is 1.96. The monoisotopic (exact) mass is 384 g/mol. The van der Waals surface area contributed by atoms with Crippen LogP contribution in [0, 0.1) is 0 Å². The van der Waals surface area contributed by atoms with E-state index in [1.54, 1.807) is 12.3 Å². The molecule has 1 aromatic rings. The fourth-order valence-corrected chi connectivity index (χ4v) is 3.11. The molecule has 98 valence electrons. The summed E-state index contributed by atoms with van der Waals surface area (Å²) in [6, 6.07) is 2.03. The van der Waals surface area contributed by atoms with Crippen molar-refractivity contribution in [1.82, 2.24) is 9.88 Å². The van der Waals surface area contributed by atoms with Gasteiger partial charge in [0.15, 0.2) is 0 Å². The van der Waals surface area contributed by atoms with Crippen molar-refractivity contribution >= 4 is 43.4 Å². The molecule has 2 heterocycles. The highest BCUT2D eigenvalue weighted by Crippen LogP contribution is 2.36. The molecule has 1 aromatic heterocycles. The Morgan fingerprint density at radius 1 is 1.42 bits per heavy atom. The molecule has 4 nitrogen and oxygen atoms in total. The number of pyridine rings is 1. The maximum atomic E-state index is 12.4. The molecule has 6 heteroatoms. The highest BCUT2D eigenvalue weighted by molar-refractivity contribution is 9.12. The number of fused-ring (bicyclic) bond motifs is 1. The molecule has 1 saturated heterocycles. The van der Waals surface area contributed by atoms with Gasteiger partial charge in [0, 0.05) is 24.1 Å². The van der Waals surface area contributed by atoms with E-state index in [0.717, 1.165) is 12.1 Å². The zero-order chi connectivity index (χ0) is 13.7. The average Bonchev–Trinajstić information content (AvgIpc) is 3.12. The number of alkyl halides is 1. The van der Waals surface area contributed by atoms with E-state index in [-0.39, 0.29) is 17.3 Å². The molecule has 3 rings (SSSR count). The Bertz CT molecular complexity index is 640. The first-order valence-corrected chi connectivity index (χ1v) is 7.76. The summed E-state index contributed by atoms with van der Waals surface area (Å²) in [5.74, 6) is -0.342. The molecule has 0 radical (unpaired) electrons. The molecule has 0 N–H and O–H groups in total. The van der Waals surface area contributed by atoms with Crippen molar-refractivity contribution in [1.29, 1.82) is 0 Å². The van der Waals surface area contributed by atoms with Crippen LogP contribution < -0.4 is 0 Å². The SMILES string of the molecule is CC1CN1C1=C(Br)C(=O)c2cc(CBr)cnc2C1=O. The first-order chi connectivity index (χ1) is 9.04. The Labute approximate surface area is 127 Å². The quantitative estimate of drug-likeness (QED) is 0.580. The summed E-state index contributed by atoms with van der Waals surface area (Å²) in [6.07, 6.45) is 1.63. The summed E-state index contributed by atoms with van der Waals surface area (Å²) in [4.78, 5) is 30.9. The van der Waals surface area contributed by atoms with Crippen LogP contribution in [0.15, 0.2) is 22.4 Å². The molecular formula is C13H10Br2N2O2. The standard InChI is InChI=1S/C13H10Br2N2O2/c1-6-5-17(6)11-9(15)12(18)8-2-7(3-14)4-16-10(8)13(11)19/h2,4,6H,3,5H2,1H3. The minimum atomic E-state index is -0.174. The second-order valence-corrected chi connectivity index (χ2v) is 6.05. The van der Waals surface area contributed by atoms with Crippen LogP contribution in [-0.2, 0) is 5.33 Å². The number of carbonyl (C=O) groups is 2. The second-order valence-electron chi connectivity index (χ2n) is 4.70. The maximum absolute atomic E-state index is 12.4. The van der Waals surface area contributed by atoms with E-state index in [2.05, 4.69) is 36.8 Å². The lowest BCUT2D eigenvalue weighted by Crippen LogP contribution is -2.25. The average molecular weight is 386 g/mol. The van der Waals surface area contributed by atoms with Gasteiger partial charge in [-0.2, -0.15) is 0 Å². The number of carbonyl (C=O) groups excluding carboxylic acids is 2. The summed E-state index contributed by atoms with van der Waals surface area (Å²) in [6.45, 7) is 2.82. The highest BCUT2D eigenvalue weighted by Gasteiger charge is 2.42. The van der Waals surface area contributed by atoms with Crippen LogP contribution in [-0.4, -0.2) is 34.0 Å². The van der Waals surface area contributed by atoms with Crippen molar-refractivity contribution in [2.75, 3.05) is 6.54 Å². The highest BCUT2D eigenvalue weighted by atomic mass is 79.9. The molecule has 0 aromatic carbocycles. The number of hydrogen-bond donors (Lipinski definition) is 0. The molecule has 0 bridgehead atoms. The van der Waals surface area contributed by atoms with Crippen molar-refractivity contribution in [2.24, 2.45) is 0 Å². The van der Waals surface area contributed by atoms with E-state index < -0.39 is 0 Å². The molecule has 1 aliphatic heterocycles. The second kappa shape index (κ2) is 4.52. The van der Waals surface area contributed by atoms with Gasteiger partial charge in [-0.1, -0.05) is 15.9 Å². The van der Waals surface area contributed by atoms with Gasteiger partial charge in [0.2, 0.25) is 11.6 Å². The van der Waals surface area contributed by atoms with Crippen molar-refractivity contribution in [3.05, 3.63) is 39.3 Å². The van der Waals surface area contributed by atoms with Crippen molar-refractivity contribution < 1.29 is 9.59 Å². The van der Waals surface area contributed by atoms with Crippen LogP contribution >= 0.6 is 31.9 Å². The van der Waals surface area contributed by atoms with Gasteiger partial charge in [-0.15, -0.1) is 0 Å². The fraction of sp³-hybridized carbons (Fsp3) is 0.308. The normalized spacial score (nSPS) is 21.8. The topological polar surface area (TPSA) is 50.0 Å². The summed E-state index contributed by atoms with van der Waals surface area (Å²) < 4.78 is 0.350. The largest absolute Gasteiger partial charge is 0.361 e. The molecule has 19 heavy (non-hydrogen) atoms. The number of ketones is 2. The van der Waals surface area contributed by atoms with Crippen LogP contribution in [0.4, 0.5) is 0 Å². The molecule has 1 atom stereocenters. The van der Waals surface area contributed by atoms with E-state index in [1.807, 2.05) is 11.8 Å². The molecule has 1 aliphatic carbocycles. The Balaban J connectivity index is 2.13. The first-order valence-electron chi connectivity index (χ1n) is 5.85. The lowest BCUT2D eigenvalue weighted by molar-refractivity contribution is 0.0962. The molecule has 0 spiro atoms. The van der Waals surface area contributed by atoms with Crippen LogP contribution in [0.2, 0.25) is 0 Å². The number of halogens is 2. The molecule has 0 saturated carbocycles. The van der Waals surface area contributed by atoms with E-state index >= 15 is 0 Å². The number of Topliss-reactive ketones (excluding diaryl/α,β-unsaturated/α-hetero) is 2. The van der Waals surface area contributed by atoms with Crippen LogP contribution in [0.5, 0.6) is 0 Å². The van der Waals surface area contributed by atoms with Gasteiger partial charge in [-0.3, -0.25) is 14.6 Å². The Morgan fingerprint density at radius 2 is 2.11 bits per heavy atom. The van der Waals surface area contributed by atoms with Crippen molar-refractivity contribution in [2.45, 2.75) is 18.3 Å². The Morgan fingerprint density at radius 3 is 2.68 bits per heavy atom. The molecule has 0 amide bonds. The zero-order valence-corrected chi connectivity index (χ0v) is 13.3. The van der Waals surface area contributed by atoms with Gasteiger partial charge in [-0.25, -0.2) is 0 Å². The number of allylic oxidation sites excluding steroid dienone is 2. The van der Waals surface area contributed by atoms with Gasteiger partial charge in [0.25, 0.3) is 0 Å². The van der Waals surface area contributed by atoms with E-state index in [9.17, 15) is 9.59 Å². The number of rotatable bonds is 2. The van der Waals surface area contributed by atoms with Gasteiger partial charge in [0.05, 0.1) is 10.0 Å². The molecule has 1 unspecified atom stereocenters. The van der Waals surface area contributed by atoms with Crippen LogP contribution in [0.3, 0.4) is 0 Å². The molecule has 1 fully saturated rings. The molecule has 2 aliphatic rings. The predicted molar refractivity (Wildman–Crippen MR) is 77.7 cm³/mol. The van der Waals surface area contributed by atoms with Gasteiger partial charge < -0.3 is 4.90 Å².